The molecule has 1 unspecified atom stereocenters. The SMILES string of the molecule is CS(=O)(=O)CCC(=O)N(CC1CC1)CC1CCCO1. The number of carbonyl (C=O) groups is 1. The number of hydrogen-bond acceptors (Lipinski definition) is 4. The normalized spacial score (nSPS) is 23.5. The van der Waals surface area contributed by atoms with Crippen LogP contribution in [0, 0.1) is 5.92 Å². The topological polar surface area (TPSA) is 63.7 Å². The molecule has 1 amide bonds. The minimum absolute atomic E-state index is 0.0483. The Kier molecular flexibility index (Phi) is 4.84. The van der Waals surface area contributed by atoms with Crippen molar-refractivity contribution >= 4 is 15.7 Å². The van der Waals surface area contributed by atoms with Crippen LogP contribution in [0.25, 0.3) is 0 Å². The van der Waals surface area contributed by atoms with Crippen LogP contribution in [0.3, 0.4) is 0 Å². The minimum Gasteiger partial charge on any atom is -0.376 e. The van der Waals surface area contributed by atoms with E-state index in [-0.39, 0.29) is 24.2 Å². The number of carbonyl (C=O) groups excluding carboxylic acids is 1. The van der Waals surface area contributed by atoms with Crippen molar-refractivity contribution in [3.05, 3.63) is 0 Å². The largest absolute Gasteiger partial charge is 0.376 e. The van der Waals surface area contributed by atoms with Crippen LogP contribution in [0.15, 0.2) is 0 Å². The van der Waals surface area contributed by atoms with Crippen LogP contribution in [0.4, 0.5) is 0 Å². The maximum Gasteiger partial charge on any atom is 0.223 e. The molecule has 2 fully saturated rings. The molecule has 0 aromatic heterocycles. The maximum absolute atomic E-state index is 12.1. The lowest BCUT2D eigenvalue weighted by Crippen LogP contribution is -2.39. The van der Waals surface area contributed by atoms with Crippen molar-refractivity contribution in [3.63, 3.8) is 0 Å². The average Bonchev–Trinajstić information content (AvgIpc) is 2.99. The van der Waals surface area contributed by atoms with Gasteiger partial charge in [0.25, 0.3) is 0 Å². The third kappa shape index (κ3) is 5.48. The monoisotopic (exact) mass is 289 g/mol. The lowest BCUT2D eigenvalue weighted by Gasteiger charge is -2.25. The Bertz CT molecular complexity index is 410. The first-order valence-electron chi connectivity index (χ1n) is 7.01. The van der Waals surface area contributed by atoms with Crippen LogP contribution in [0.2, 0.25) is 0 Å². The van der Waals surface area contributed by atoms with Gasteiger partial charge in [0.05, 0.1) is 11.9 Å². The molecular formula is C13H23NO4S. The second-order valence-electron chi connectivity index (χ2n) is 5.76. The highest BCUT2D eigenvalue weighted by Gasteiger charge is 2.29. The van der Waals surface area contributed by atoms with E-state index in [4.69, 9.17) is 4.74 Å². The van der Waals surface area contributed by atoms with Crippen LogP contribution in [0.5, 0.6) is 0 Å². The highest BCUT2D eigenvalue weighted by Crippen LogP contribution is 2.30. The van der Waals surface area contributed by atoms with E-state index in [9.17, 15) is 13.2 Å². The first-order chi connectivity index (χ1) is 8.94. The van der Waals surface area contributed by atoms with Gasteiger partial charge in [-0.05, 0) is 31.6 Å². The zero-order valence-electron chi connectivity index (χ0n) is 11.5. The van der Waals surface area contributed by atoms with E-state index in [2.05, 4.69) is 0 Å². The molecule has 2 rings (SSSR count). The van der Waals surface area contributed by atoms with Crippen molar-refractivity contribution in [1.29, 1.82) is 0 Å². The summed E-state index contributed by atoms with van der Waals surface area (Å²) in [6.45, 7) is 2.17. The Morgan fingerprint density at radius 3 is 2.53 bits per heavy atom. The molecule has 1 aliphatic carbocycles. The Morgan fingerprint density at radius 2 is 2.00 bits per heavy atom. The first-order valence-corrected chi connectivity index (χ1v) is 9.07. The van der Waals surface area contributed by atoms with Crippen molar-refractivity contribution in [3.8, 4) is 0 Å². The van der Waals surface area contributed by atoms with Gasteiger partial charge in [0.15, 0.2) is 0 Å². The molecule has 19 heavy (non-hydrogen) atoms. The van der Waals surface area contributed by atoms with Gasteiger partial charge in [-0.25, -0.2) is 8.42 Å². The molecule has 0 radical (unpaired) electrons. The number of rotatable bonds is 7. The molecule has 1 saturated carbocycles. The summed E-state index contributed by atoms with van der Waals surface area (Å²) in [5, 5.41) is 0. The fourth-order valence-corrected chi connectivity index (χ4v) is 2.90. The highest BCUT2D eigenvalue weighted by atomic mass is 32.2. The lowest BCUT2D eigenvalue weighted by molar-refractivity contribution is -0.132. The molecule has 110 valence electrons. The van der Waals surface area contributed by atoms with Crippen molar-refractivity contribution in [2.45, 2.75) is 38.2 Å². The molecule has 1 aliphatic heterocycles. The number of ether oxygens (including phenoxy) is 1. The summed E-state index contributed by atoms with van der Waals surface area (Å²) in [6, 6.07) is 0. The second-order valence-corrected chi connectivity index (χ2v) is 8.02. The molecule has 1 atom stereocenters. The van der Waals surface area contributed by atoms with E-state index in [0.29, 0.717) is 12.5 Å². The van der Waals surface area contributed by atoms with Gasteiger partial charge < -0.3 is 9.64 Å². The summed E-state index contributed by atoms with van der Waals surface area (Å²) in [5.41, 5.74) is 0. The fourth-order valence-electron chi connectivity index (χ4n) is 2.36. The summed E-state index contributed by atoms with van der Waals surface area (Å²) in [6.07, 6.45) is 5.83. The predicted molar refractivity (Wildman–Crippen MR) is 72.6 cm³/mol. The molecule has 0 N–H and O–H groups in total. The molecule has 5 nitrogen and oxygen atoms in total. The third-order valence-electron chi connectivity index (χ3n) is 3.66. The fraction of sp³-hybridized carbons (Fsp3) is 0.923. The van der Waals surface area contributed by atoms with Gasteiger partial charge in [0, 0.05) is 32.4 Å². The number of nitrogens with zero attached hydrogens (tertiary/aromatic N) is 1. The molecular weight excluding hydrogens is 266 g/mol. The Labute approximate surface area is 115 Å². The van der Waals surface area contributed by atoms with Crippen LogP contribution in [0.1, 0.15) is 32.1 Å². The average molecular weight is 289 g/mol. The summed E-state index contributed by atoms with van der Waals surface area (Å²) in [7, 11) is -3.07. The Balaban J connectivity index is 1.85. The van der Waals surface area contributed by atoms with Gasteiger partial charge >= 0.3 is 0 Å². The molecule has 0 spiro atoms. The Hall–Kier alpha value is -0.620. The molecule has 0 aromatic carbocycles. The second kappa shape index (κ2) is 6.22. The van der Waals surface area contributed by atoms with E-state index in [1.807, 2.05) is 4.90 Å². The van der Waals surface area contributed by atoms with Crippen LogP contribution < -0.4 is 0 Å². The molecule has 2 aliphatic rings. The van der Waals surface area contributed by atoms with Gasteiger partial charge in [0.2, 0.25) is 5.91 Å². The zero-order chi connectivity index (χ0) is 13.9. The predicted octanol–water partition coefficient (Wildman–Crippen LogP) is 0.839. The Morgan fingerprint density at radius 1 is 1.26 bits per heavy atom. The molecule has 0 bridgehead atoms. The smallest absolute Gasteiger partial charge is 0.223 e. The quantitative estimate of drug-likeness (QED) is 0.696. The van der Waals surface area contributed by atoms with Gasteiger partial charge in [0.1, 0.15) is 9.84 Å². The minimum atomic E-state index is -3.07. The molecule has 1 saturated heterocycles. The van der Waals surface area contributed by atoms with Gasteiger partial charge in [-0.1, -0.05) is 0 Å². The third-order valence-corrected chi connectivity index (χ3v) is 4.61. The molecule has 0 aromatic rings. The summed E-state index contributed by atoms with van der Waals surface area (Å²) >= 11 is 0. The summed E-state index contributed by atoms with van der Waals surface area (Å²) in [5.74, 6) is 0.509. The number of amides is 1. The number of hydrogen-bond donors (Lipinski definition) is 0. The van der Waals surface area contributed by atoms with Crippen molar-refractivity contribution in [1.82, 2.24) is 4.90 Å². The molecule has 6 heteroatoms. The van der Waals surface area contributed by atoms with E-state index < -0.39 is 9.84 Å². The van der Waals surface area contributed by atoms with Crippen molar-refractivity contribution < 1.29 is 17.9 Å². The van der Waals surface area contributed by atoms with E-state index in [1.54, 1.807) is 0 Å². The standard InChI is InChI=1S/C13H23NO4S/c1-19(16,17)8-6-13(15)14(9-11-4-5-11)10-12-3-2-7-18-12/h11-12H,2-10H2,1H3. The highest BCUT2D eigenvalue weighted by molar-refractivity contribution is 7.90. The lowest BCUT2D eigenvalue weighted by atomic mass is 10.2. The summed E-state index contributed by atoms with van der Waals surface area (Å²) < 4.78 is 27.9. The van der Waals surface area contributed by atoms with E-state index in [0.717, 1.165) is 26.0 Å². The van der Waals surface area contributed by atoms with Crippen molar-refractivity contribution in [2.75, 3.05) is 31.7 Å². The summed E-state index contributed by atoms with van der Waals surface area (Å²) in [4.78, 5) is 14.0. The van der Waals surface area contributed by atoms with Crippen molar-refractivity contribution in [2.24, 2.45) is 5.92 Å². The zero-order valence-corrected chi connectivity index (χ0v) is 12.3. The maximum atomic E-state index is 12.1. The molecule has 1 heterocycles. The van der Waals surface area contributed by atoms with Crippen LogP contribution >= 0.6 is 0 Å². The van der Waals surface area contributed by atoms with Gasteiger partial charge in [-0.2, -0.15) is 0 Å². The van der Waals surface area contributed by atoms with Gasteiger partial charge in [-0.15, -0.1) is 0 Å². The van der Waals surface area contributed by atoms with E-state index >= 15 is 0 Å². The van der Waals surface area contributed by atoms with Gasteiger partial charge in [-0.3, -0.25) is 4.79 Å². The van der Waals surface area contributed by atoms with Crippen LogP contribution in [-0.4, -0.2) is 57.0 Å². The first kappa shape index (κ1) is 14.8. The van der Waals surface area contributed by atoms with Crippen LogP contribution in [-0.2, 0) is 19.4 Å². The number of sulfone groups is 1. The van der Waals surface area contributed by atoms with E-state index in [1.165, 1.54) is 19.1 Å².